The normalized spacial score (nSPS) is 14.4. The van der Waals surface area contributed by atoms with Gasteiger partial charge in [-0.3, -0.25) is 9.59 Å². The van der Waals surface area contributed by atoms with Crippen LogP contribution in [0.2, 0.25) is 0 Å². The Bertz CT molecular complexity index is 562. The molecule has 1 radical (unpaired) electrons. The Morgan fingerprint density at radius 2 is 1.93 bits per heavy atom. The van der Waals surface area contributed by atoms with E-state index in [0.29, 0.717) is 19.4 Å². The number of esters is 2. The smallest absolute Gasteiger partial charge is 0.407 e. The van der Waals surface area contributed by atoms with Crippen molar-refractivity contribution in [2.75, 3.05) is 32.9 Å². The lowest BCUT2D eigenvalue weighted by Crippen LogP contribution is -2.30. The number of alkyl carbamates (subject to hydrolysis) is 1. The molecule has 1 fully saturated rings. The number of hydrogen-bond donors (Lipinski definition) is 1. The Labute approximate surface area is 159 Å². The average molecular weight is 383 g/mol. The van der Waals surface area contributed by atoms with Gasteiger partial charge in [0.1, 0.15) is 19.8 Å². The monoisotopic (exact) mass is 383 g/mol. The highest BCUT2D eigenvalue weighted by molar-refractivity contribution is 5.86. The number of nitrogens with zero attached hydrogens (tertiary/aromatic N) is 1. The number of rotatable bonds is 11. The van der Waals surface area contributed by atoms with Gasteiger partial charge in [0.2, 0.25) is 5.91 Å². The van der Waals surface area contributed by atoms with E-state index in [9.17, 15) is 19.2 Å². The Kier molecular flexibility index (Phi) is 9.92. The number of ether oxygens (including phenoxy) is 3. The molecule has 0 aliphatic carbocycles. The van der Waals surface area contributed by atoms with E-state index in [2.05, 4.69) is 11.9 Å². The summed E-state index contributed by atoms with van der Waals surface area (Å²) in [6.07, 6.45) is 1.09. The van der Waals surface area contributed by atoms with Gasteiger partial charge in [0.25, 0.3) is 0 Å². The molecule has 1 N–H and O–H groups in total. The van der Waals surface area contributed by atoms with E-state index in [4.69, 9.17) is 14.2 Å². The molecule has 9 nitrogen and oxygen atoms in total. The number of nitrogens with one attached hydrogen (secondary N) is 1. The SMILES string of the molecule is C=C(C)C(=O)OCCNC(=O)OCCOC(=O)C(C)C[CH]N1CCCC1=O. The third kappa shape index (κ3) is 9.07. The second-order valence-corrected chi connectivity index (χ2v) is 6.16. The van der Waals surface area contributed by atoms with Crippen LogP contribution in [0.4, 0.5) is 4.79 Å². The van der Waals surface area contributed by atoms with Crippen molar-refractivity contribution < 1.29 is 33.4 Å². The molecule has 2 amide bonds. The van der Waals surface area contributed by atoms with Gasteiger partial charge in [0, 0.05) is 18.5 Å². The molecule has 1 aliphatic heterocycles. The molecule has 0 spiro atoms. The van der Waals surface area contributed by atoms with E-state index in [-0.39, 0.29) is 37.8 Å². The molecule has 1 aliphatic rings. The summed E-state index contributed by atoms with van der Waals surface area (Å²) in [6, 6.07) is 0. The first-order valence-electron chi connectivity index (χ1n) is 8.84. The van der Waals surface area contributed by atoms with Gasteiger partial charge in [-0.1, -0.05) is 13.5 Å². The minimum absolute atomic E-state index is 0.00329. The Morgan fingerprint density at radius 1 is 1.22 bits per heavy atom. The van der Waals surface area contributed by atoms with Crippen LogP contribution in [-0.4, -0.2) is 61.7 Å². The zero-order valence-electron chi connectivity index (χ0n) is 15.8. The van der Waals surface area contributed by atoms with Crippen molar-refractivity contribution in [1.29, 1.82) is 0 Å². The van der Waals surface area contributed by atoms with Gasteiger partial charge in [-0.25, -0.2) is 9.59 Å². The molecule has 151 valence electrons. The van der Waals surface area contributed by atoms with E-state index in [1.807, 2.05) is 0 Å². The molecule has 1 unspecified atom stereocenters. The van der Waals surface area contributed by atoms with Crippen LogP contribution >= 0.6 is 0 Å². The van der Waals surface area contributed by atoms with Crippen LogP contribution in [-0.2, 0) is 28.6 Å². The van der Waals surface area contributed by atoms with Crippen LogP contribution in [0.1, 0.15) is 33.1 Å². The van der Waals surface area contributed by atoms with Crippen molar-refractivity contribution in [3.05, 3.63) is 18.7 Å². The highest BCUT2D eigenvalue weighted by Gasteiger charge is 2.22. The largest absolute Gasteiger partial charge is 0.462 e. The van der Waals surface area contributed by atoms with E-state index < -0.39 is 23.9 Å². The zero-order valence-corrected chi connectivity index (χ0v) is 15.8. The molecular weight excluding hydrogens is 356 g/mol. The van der Waals surface area contributed by atoms with E-state index in [1.165, 1.54) is 6.92 Å². The Balaban J connectivity index is 2.04. The summed E-state index contributed by atoms with van der Waals surface area (Å²) in [5.74, 6) is -1.27. The molecule has 0 aromatic heterocycles. The van der Waals surface area contributed by atoms with Gasteiger partial charge in [-0.05, 0) is 19.8 Å². The van der Waals surface area contributed by atoms with Gasteiger partial charge >= 0.3 is 18.0 Å². The number of hydrogen-bond acceptors (Lipinski definition) is 7. The van der Waals surface area contributed by atoms with Crippen molar-refractivity contribution in [3.8, 4) is 0 Å². The van der Waals surface area contributed by atoms with Crippen molar-refractivity contribution in [2.24, 2.45) is 5.92 Å². The van der Waals surface area contributed by atoms with Crippen molar-refractivity contribution >= 4 is 23.9 Å². The third-order valence-electron chi connectivity index (χ3n) is 3.71. The first kappa shape index (κ1) is 22.5. The summed E-state index contributed by atoms with van der Waals surface area (Å²) in [5.41, 5.74) is 0.276. The van der Waals surface area contributed by atoms with Gasteiger partial charge in [0.05, 0.1) is 19.0 Å². The lowest BCUT2D eigenvalue weighted by atomic mass is 10.1. The maximum absolute atomic E-state index is 11.8. The Hall–Kier alpha value is -2.58. The van der Waals surface area contributed by atoms with E-state index in [1.54, 1.807) is 18.4 Å². The first-order chi connectivity index (χ1) is 12.8. The van der Waals surface area contributed by atoms with Crippen LogP contribution in [0.25, 0.3) is 0 Å². The maximum Gasteiger partial charge on any atom is 0.407 e. The highest BCUT2D eigenvalue weighted by Crippen LogP contribution is 2.16. The predicted octanol–water partition coefficient (Wildman–Crippen LogP) is 1.19. The number of amides is 2. The van der Waals surface area contributed by atoms with Gasteiger partial charge in [0.15, 0.2) is 0 Å². The molecule has 9 heteroatoms. The highest BCUT2D eigenvalue weighted by atomic mass is 16.6. The van der Waals surface area contributed by atoms with E-state index in [0.717, 1.165) is 6.42 Å². The van der Waals surface area contributed by atoms with Gasteiger partial charge < -0.3 is 24.4 Å². The molecule has 1 saturated heterocycles. The quantitative estimate of drug-likeness (QED) is 0.247. The molecule has 1 heterocycles. The standard InChI is InChI=1S/C18H27N2O7/c1-13(2)16(22)25-10-7-19-18(24)27-12-11-26-17(23)14(3)6-9-20-8-4-5-15(20)21/h9,14H,1,4-8,10-12H2,2-3H3,(H,19,24). The average Bonchev–Trinajstić information content (AvgIpc) is 3.04. The summed E-state index contributed by atoms with van der Waals surface area (Å²) in [6.45, 7) is 9.02. The minimum Gasteiger partial charge on any atom is -0.462 e. The van der Waals surface area contributed by atoms with Crippen LogP contribution in [0.15, 0.2) is 12.2 Å². The van der Waals surface area contributed by atoms with Crippen LogP contribution in [0, 0.1) is 12.5 Å². The summed E-state index contributed by atoms with van der Waals surface area (Å²) in [7, 11) is 0. The summed E-state index contributed by atoms with van der Waals surface area (Å²) in [5, 5.41) is 2.39. The molecule has 0 bridgehead atoms. The molecule has 0 aromatic rings. The third-order valence-corrected chi connectivity index (χ3v) is 3.71. The fourth-order valence-electron chi connectivity index (χ4n) is 2.13. The zero-order chi connectivity index (χ0) is 20.2. The number of carbonyl (C=O) groups is 4. The van der Waals surface area contributed by atoms with Gasteiger partial charge in [-0.2, -0.15) is 0 Å². The maximum atomic E-state index is 11.8. The first-order valence-corrected chi connectivity index (χ1v) is 8.84. The second kappa shape index (κ2) is 11.9. The van der Waals surface area contributed by atoms with E-state index >= 15 is 0 Å². The van der Waals surface area contributed by atoms with Crippen molar-refractivity contribution in [1.82, 2.24) is 10.2 Å². The summed E-state index contributed by atoms with van der Waals surface area (Å²) in [4.78, 5) is 47.5. The molecule has 1 atom stereocenters. The number of likely N-dealkylation sites (tertiary alicyclic amines) is 1. The molecule has 27 heavy (non-hydrogen) atoms. The van der Waals surface area contributed by atoms with Crippen molar-refractivity contribution in [2.45, 2.75) is 33.1 Å². The molecule has 0 saturated carbocycles. The lowest BCUT2D eigenvalue weighted by molar-refractivity contribution is -0.149. The fourth-order valence-corrected chi connectivity index (χ4v) is 2.13. The second-order valence-electron chi connectivity index (χ2n) is 6.16. The molecule has 1 rings (SSSR count). The number of carbonyl (C=O) groups excluding carboxylic acids is 4. The fraction of sp³-hybridized carbons (Fsp3) is 0.611. The summed E-state index contributed by atoms with van der Waals surface area (Å²) < 4.78 is 14.7. The van der Waals surface area contributed by atoms with Crippen molar-refractivity contribution in [3.63, 3.8) is 0 Å². The Morgan fingerprint density at radius 3 is 2.56 bits per heavy atom. The molecular formula is C18H27N2O7. The molecule has 0 aromatic carbocycles. The topological polar surface area (TPSA) is 111 Å². The lowest BCUT2D eigenvalue weighted by Gasteiger charge is -2.17. The summed E-state index contributed by atoms with van der Waals surface area (Å²) >= 11 is 0. The van der Waals surface area contributed by atoms with Crippen LogP contribution in [0.3, 0.4) is 0 Å². The van der Waals surface area contributed by atoms with Crippen LogP contribution in [0.5, 0.6) is 0 Å². The minimum atomic E-state index is -0.702. The van der Waals surface area contributed by atoms with Crippen LogP contribution < -0.4 is 5.32 Å². The predicted molar refractivity (Wildman–Crippen MR) is 95.1 cm³/mol. The van der Waals surface area contributed by atoms with Gasteiger partial charge in [-0.15, -0.1) is 0 Å².